The molecule has 1 aromatic rings. The SMILES string of the molecule is CCC(C)NC(=O)c1cnc(NCCOC)cn1. The maximum atomic E-state index is 11.7. The number of hydrogen-bond acceptors (Lipinski definition) is 5. The highest BCUT2D eigenvalue weighted by molar-refractivity contribution is 5.92. The maximum absolute atomic E-state index is 11.7. The second-order valence-electron chi connectivity index (χ2n) is 3.99. The van der Waals surface area contributed by atoms with Crippen molar-refractivity contribution < 1.29 is 9.53 Å². The van der Waals surface area contributed by atoms with Gasteiger partial charge in [0.1, 0.15) is 11.5 Å². The van der Waals surface area contributed by atoms with E-state index in [9.17, 15) is 4.79 Å². The van der Waals surface area contributed by atoms with Crippen molar-refractivity contribution in [1.82, 2.24) is 15.3 Å². The number of rotatable bonds is 7. The van der Waals surface area contributed by atoms with Crippen molar-refractivity contribution >= 4 is 11.7 Å². The van der Waals surface area contributed by atoms with Gasteiger partial charge in [-0.25, -0.2) is 9.97 Å². The maximum Gasteiger partial charge on any atom is 0.271 e. The average molecular weight is 252 g/mol. The van der Waals surface area contributed by atoms with E-state index in [0.717, 1.165) is 6.42 Å². The largest absolute Gasteiger partial charge is 0.383 e. The number of nitrogens with one attached hydrogen (secondary N) is 2. The quantitative estimate of drug-likeness (QED) is 0.710. The van der Waals surface area contributed by atoms with Crippen molar-refractivity contribution in [2.45, 2.75) is 26.3 Å². The Kier molecular flexibility index (Phi) is 6.07. The molecule has 6 heteroatoms. The first kappa shape index (κ1) is 14.4. The molecule has 0 fully saturated rings. The van der Waals surface area contributed by atoms with Crippen molar-refractivity contribution in [3.05, 3.63) is 18.1 Å². The van der Waals surface area contributed by atoms with Gasteiger partial charge < -0.3 is 15.4 Å². The Labute approximate surface area is 107 Å². The van der Waals surface area contributed by atoms with Gasteiger partial charge in [-0.2, -0.15) is 0 Å². The van der Waals surface area contributed by atoms with E-state index in [1.807, 2.05) is 13.8 Å². The number of anilines is 1. The third kappa shape index (κ3) is 4.67. The molecule has 0 aliphatic heterocycles. The number of hydrogen-bond donors (Lipinski definition) is 2. The van der Waals surface area contributed by atoms with Crippen LogP contribution in [0.25, 0.3) is 0 Å². The number of ether oxygens (including phenoxy) is 1. The third-order valence-corrected chi connectivity index (χ3v) is 2.49. The van der Waals surface area contributed by atoms with E-state index in [2.05, 4.69) is 20.6 Å². The minimum atomic E-state index is -0.194. The molecule has 6 nitrogen and oxygen atoms in total. The number of amides is 1. The van der Waals surface area contributed by atoms with Crippen molar-refractivity contribution in [3.63, 3.8) is 0 Å². The van der Waals surface area contributed by atoms with Gasteiger partial charge in [0.15, 0.2) is 0 Å². The molecule has 1 amide bonds. The van der Waals surface area contributed by atoms with Crippen LogP contribution in [0.15, 0.2) is 12.4 Å². The fourth-order valence-corrected chi connectivity index (χ4v) is 1.22. The molecule has 0 saturated carbocycles. The van der Waals surface area contributed by atoms with Crippen LogP contribution in [-0.2, 0) is 4.74 Å². The van der Waals surface area contributed by atoms with Crippen LogP contribution in [0, 0.1) is 0 Å². The number of carbonyl (C=O) groups is 1. The summed E-state index contributed by atoms with van der Waals surface area (Å²) < 4.78 is 4.91. The van der Waals surface area contributed by atoms with Gasteiger partial charge >= 0.3 is 0 Å². The summed E-state index contributed by atoms with van der Waals surface area (Å²) in [6.45, 7) is 5.22. The van der Waals surface area contributed by atoms with Gasteiger partial charge in [-0.15, -0.1) is 0 Å². The number of aromatic nitrogens is 2. The molecule has 18 heavy (non-hydrogen) atoms. The molecule has 0 saturated heterocycles. The van der Waals surface area contributed by atoms with Crippen LogP contribution in [0.1, 0.15) is 30.8 Å². The zero-order valence-corrected chi connectivity index (χ0v) is 11.1. The highest BCUT2D eigenvalue weighted by Crippen LogP contribution is 2.01. The summed E-state index contributed by atoms with van der Waals surface area (Å²) in [5.41, 5.74) is 0.326. The van der Waals surface area contributed by atoms with Crippen molar-refractivity contribution in [3.8, 4) is 0 Å². The Bertz CT molecular complexity index is 367. The second-order valence-corrected chi connectivity index (χ2v) is 3.99. The van der Waals surface area contributed by atoms with Gasteiger partial charge in [0.05, 0.1) is 19.0 Å². The summed E-state index contributed by atoms with van der Waals surface area (Å²) in [5.74, 6) is 0.437. The summed E-state index contributed by atoms with van der Waals surface area (Å²) in [7, 11) is 1.63. The standard InChI is InChI=1S/C12H20N4O2/c1-4-9(2)16-12(17)10-7-15-11(8-14-10)13-5-6-18-3/h7-9H,4-6H2,1-3H3,(H,13,15)(H,16,17). The monoisotopic (exact) mass is 252 g/mol. The van der Waals surface area contributed by atoms with Crippen LogP contribution in [0.2, 0.25) is 0 Å². The Morgan fingerprint density at radius 3 is 2.78 bits per heavy atom. The molecule has 1 atom stereocenters. The van der Waals surface area contributed by atoms with E-state index in [0.29, 0.717) is 24.7 Å². The molecule has 2 N–H and O–H groups in total. The molecule has 0 spiro atoms. The van der Waals surface area contributed by atoms with Gasteiger partial charge in [0.25, 0.3) is 5.91 Å². The zero-order chi connectivity index (χ0) is 13.4. The van der Waals surface area contributed by atoms with E-state index < -0.39 is 0 Å². The number of nitrogens with zero attached hydrogens (tertiary/aromatic N) is 2. The molecule has 0 bridgehead atoms. The van der Waals surface area contributed by atoms with Gasteiger partial charge in [0, 0.05) is 19.7 Å². The molecule has 0 radical (unpaired) electrons. The molecule has 1 unspecified atom stereocenters. The Hall–Kier alpha value is -1.69. The van der Waals surface area contributed by atoms with Crippen molar-refractivity contribution in [2.24, 2.45) is 0 Å². The lowest BCUT2D eigenvalue weighted by Crippen LogP contribution is -2.32. The fraction of sp³-hybridized carbons (Fsp3) is 0.583. The van der Waals surface area contributed by atoms with E-state index in [1.54, 1.807) is 13.3 Å². The summed E-state index contributed by atoms with van der Waals surface area (Å²) in [6, 6.07) is 0.138. The van der Waals surface area contributed by atoms with Crippen LogP contribution in [-0.4, -0.2) is 42.2 Å². The lowest BCUT2D eigenvalue weighted by molar-refractivity contribution is 0.0934. The molecule has 100 valence electrons. The highest BCUT2D eigenvalue weighted by atomic mass is 16.5. The zero-order valence-electron chi connectivity index (χ0n) is 11.1. The van der Waals surface area contributed by atoms with E-state index in [4.69, 9.17) is 4.74 Å². The molecular formula is C12H20N4O2. The molecule has 1 aromatic heterocycles. The molecule has 0 aromatic carbocycles. The molecule has 0 aliphatic rings. The lowest BCUT2D eigenvalue weighted by Gasteiger charge is -2.10. The van der Waals surface area contributed by atoms with E-state index in [-0.39, 0.29) is 11.9 Å². The van der Waals surface area contributed by atoms with Gasteiger partial charge in [-0.05, 0) is 13.3 Å². The second kappa shape index (κ2) is 7.60. The molecule has 1 rings (SSSR count). The molecule has 1 heterocycles. The summed E-state index contributed by atoms with van der Waals surface area (Å²) in [5, 5.41) is 5.87. The first-order valence-electron chi connectivity index (χ1n) is 6.03. The van der Waals surface area contributed by atoms with E-state index >= 15 is 0 Å². The fourth-order valence-electron chi connectivity index (χ4n) is 1.22. The number of carbonyl (C=O) groups excluding carboxylic acids is 1. The predicted molar refractivity (Wildman–Crippen MR) is 69.6 cm³/mol. The summed E-state index contributed by atoms with van der Waals surface area (Å²) >= 11 is 0. The smallest absolute Gasteiger partial charge is 0.271 e. The first-order chi connectivity index (χ1) is 8.67. The summed E-state index contributed by atoms with van der Waals surface area (Å²) in [4.78, 5) is 19.9. The predicted octanol–water partition coefficient (Wildman–Crippen LogP) is 1.06. The minimum Gasteiger partial charge on any atom is -0.383 e. The van der Waals surface area contributed by atoms with Gasteiger partial charge in [-0.3, -0.25) is 4.79 Å². The average Bonchev–Trinajstić information content (AvgIpc) is 2.39. The molecule has 0 aliphatic carbocycles. The molecular weight excluding hydrogens is 232 g/mol. The minimum absolute atomic E-state index is 0.138. The third-order valence-electron chi connectivity index (χ3n) is 2.49. The van der Waals surface area contributed by atoms with Gasteiger partial charge in [-0.1, -0.05) is 6.92 Å². The topological polar surface area (TPSA) is 76.1 Å². The van der Waals surface area contributed by atoms with Gasteiger partial charge in [0.2, 0.25) is 0 Å². The van der Waals surface area contributed by atoms with Crippen LogP contribution in [0.5, 0.6) is 0 Å². The van der Waals surface area contributed by atoms with Crippen LogP contribution in [0.4, 0.5) is 5.82 Å². The number of methoxy groups -OCH3 is 1. The van der Waals surface area contributed by atoms with E-state index in [1.165, 1.54) is 6.20 Å². The van der Waals surface area contributed by atoms with Crippen LogP contribution < -0.4 is 10.6 Å². The highest BCUT2D eigenvalue weighted by Gasteiger charge is 2.10. The lowest BCUT2D eigenvalue weighted by atomic mass is 10.2. The Morgan fingerprint density at radius 2 is 2.22 bits per heavy atom. The Morgan fingerprint density at radius 1 is 1.44 bits per heavy atom. The first-order valence-corrected chi connectivity index (χ1v) is 6.03. The van der Waals surface area contributed by atoms with Crippen molar-refractivity contribution in [2.75, 3.05) is 25.6 Å². The Balaban J connectivity index is 2.51. The normalized spacial score (nSPS) is 11.9. The van der Waals surface area contributed by atoms with Crippen molar-refractivity contribution in [1.29, 1.82) is 0 Å². The van der Waals surface area contributed by atoms with Crippen LogP contribution in [0.3, 0.4) is 0 Å². The van der Waals surface area contributed by atoms with Crippen LogP contribution >= 0.6 is 0 Å². The summed E-state index contributed by atoms with van der Waals surface area (Å²) in [6.07, 6.45) is 3.89.